The minimum atomic E-state index is -0.320. The number of aromatic nitrogens is 4. The Bertz CT molecular complexity index is 923. The molecule has 136 valence electrons. The van der Waals surface area contributed by atoms with Crippen molar-refractivity contribution in [3.8, 4) is 11.3 Å². The molecule has 0 radical (unpaired) electrons. The first-order chi connectivity index (χ1) is 12.4. The summed E-state index contributed by atoms with van der Waals surface area (Å²) in [6.45, 7) is 6.77. The van der Waals surface area contributed by atoms with Crippen molar-refractivity contribution < 1.29 is 4.79 Å². The molecule has 0 fully saturated rings. The Labute approximate surface area is 156 Å². The Hall–Kier alpha value is -2.51. The van der Waals surface area contributed by atoms with E-state index in [4.69, 9.17) is 11.6 Å². The Morgan fingerprint density at radius 1 is 1.27 bits per heavy atom. The summed E-state index contributed by atoms with van der Waals surface area (Å²) >= 11 is 6.05. The summed E-state index contributed by atoms with van der Waals surface area (Å²) in [6, 6.07) is 1.50. The van der Waals surface area contributed by atoms with Crippen LogP contribution < -0.4 is 10.6 Å². The van der Waals surface area contributed by atoms with Crippen molar-refractivity contribution in [3.05, 3.63) is 35.9 Å². The Morgan fingerprint density at radius 2 is 2.08 bits per heavy atom. The van der Waals surface area contributed by atoms with Gasteiger partial charge in [0.2, 0.25) is 5.91 Å². The quantitative estimate of drug-likeness (QED) is 0.617. The molecular formula is C18H21ClN6O. The summed E-state index contributed by atoms with van der Waals surface area (Å²) in [7, 11) is 0. The first-order valence-corrected chi connectivity index (χ1v) is 8.81. The van der Waals surface area contributed by atoms with Gasteiger partial charge in [-0.25, -0.2) is 9.97 Å². The molecule has 0 aromatic carbocycles. The zero-order valence-corrected chi connectivity index (χ0v) is 15.6. The maximum atomic E-state index is 12.3. The van der Waals surface area contributed by atoms with E-state index in [0.29, 0.717) is 28.1 Å². The van der Waals surface area contributed by atoms with Gasteiger partial charge in [0, 0.05) is 23.3 Å². The van der Waals surface area contributed by atoms with Gasteiger partial charge in [0.25, 0.3) is 0 Å². The lowest BCUT2D eigenvalue weighted by Crippen LogP contribution is -2.39. The van der Waals surface area contributed by atoms with E-state index in [-0.39, 0.29) is 11.9 Å². The number of carbonyl (C=O) groups is 1. The number of H-pyrrole nitrogens is 1. The van der Waals surface area contributed by atoms with Crippen molar-refractivity contribution in [2.45, 2.75) is 26.8 Å². The third-order valence-corrected chi connectivity index (χ3v) is 4.09. The zero-order valence-electron chi connectivity index (χ0n) is 14.9. The number of nitrogens with one attached hydrogen (secondary N) is 3. The molecule has 1 amide bonds. The molecule has 0 unspecified atom stereocenters. The predicted octanol–water partition coefficient (Wildman–Crippen LogP) is 3.25. The number of hydrogen-bond acceptors (Lipinski definition) is 5. The third-order valence-electron chi connectivity index (χ3n) is 3.89. The first kappa shape index (κ1) is 18.3. The summed E-state index contributed by atoms with van der Waals surface area (Å²) in [6.07, 6.45) is 6.55. The summed E-state index contributed by atoms with van der Waals surface area (Å²) in [4.78, 5) is 28.3. The van der Waals surface area contributed by atoms with Gasteiger partial charge in [-0.1, -0.05) is 25.4 Å². The largest absolute Gasteiger partial charge is 0.345 e. The van der Waals surface area contributed by atoms with Gasteiger partial charge < -0.3 is 15.6 Å². The SMILES string of the molecule is CC(C)CN[C@@H](C)C(=O)Nc1cncc(-c2c[nH]c3ncc(Cl)cc23)n1. The lowest BCUT2D eigenvalue weighted by molar-refractivity contribution is -0.117. The zero-order chi connectivity index (χ0) is 18.7. The van der Waals surface area contributed by atoms with Crippen LogP contribution in [0.4, 0.5) is 5.82 Å². The van der Waals surface area contributed by atoms with Crippen molar-refractivity contribution in [1.29, 1.82) is 0 Å². The molecule has 7 nitrogen and oxygen atoms in total. The normalized spacial score (nSPS) is 12.5. The van der Waals surface area contributed by atoms with Gasteiger partial charge in [0.15, 0.2) is 5.82 Å². The van der Waals surface area contributed by atoms with Crippen LogP contribution in [-0.2, 0) is 4.79 Å². The van der Waals surface area contributed by atoms with Crippen molar-refractivity contribution in [1.82, 2.24) is 25.3 Å². The molecule has 0 saturated carbocycles. The van der Waals surface area contributed by atoms with Crippen LogP contribution in [-0.4, -0.2) is 38.4 Å². The van der Waals surface area contributed by atoms with Gasteiger partial charge in [0.1, 0.15) is 5.65 Å². The van der Waals surface area contributed by atoms with Gasteiger partial charge >= 0.3 is 0 Å². The Kier molecular flexibility index (Phi) is 5.49. The summed E-state index contributed by atoms with van der Waals surface area (Å²) in [5.74, 6) is 0.714. The lowest BCUT2D eigenvalue weighted by atomic mass is 10.1. The van der Waals surface area contributed by atoms with E-state index >= 15 is 0 Å². The van der Waals surface area contributed by atoms with Crippen LogP contribution in [0.5, 0.6) is 0 Å². The minimum absolute atomic E-state index is 0.152. The monoisotopic (exact) mass is 372 g/mol. The van der Waals surface area contributed by atoms with Gasteiger partial charge in [-0.3, -0.25) is 9.78 Å². The minimum Gasteiger partial charge on any atom is -0.345 e. The summed E-state index contributed by atoms with van der Waals surface area (Å²) in [5.41, 5.74) is 2.16. The molecule has 0 aliphatic rings. The van der Waals surface area contributed by atoms with Crippen molar-refractivity contribution >= 4 is 34.4 Å². The number of nitrogens with zero attached hydrogens (tertiary/aromatic N) is 3. The van der Waals surface area contributed by atoms with Crippen LogP contribution in [0, 0.1) is 5.92 Å². The van der Waals surface area contributed by atoms with Crippen LogP contribution in [0.25, 0.3) is 22.3 Å². The van der Waals surface area contributed by atoms with E-state index in [2.05, 4.69) is 44.4 Å². The number of pyridine rings is 1. The second-order valence-corrected chi connectivity index (χ2v) is 6.99. The molecule has 1 atom stereocenters. The summed E-state index contributed by atoms with van der Waals surface area (Å²) < 4.78 is 0. The number of amides is 1. The average molecular weight is 373 g/mol. The van der Waals surface area contributed by atoms with Crippen LogP contribution >= 0.6 is 11.6 Å². The number of anilines is 1. The molecule has 3 heterocycles. The van der Waals surface area contributed by atoms with Gasteiger partial charge in [-0.05, 0) is 25.5 Å². The average Bonchev–Trinajstić information content (AvgIpc) is 3.02. The topological polar surface area (TPSA) is 95.6 Å². The maximum Gasteiger partial charge on any atom is 0.242 e. The van der Waals surface area contributed by atoms with Crippen LogP contribution in [0.2, 0.25) is 5.02 Å². The van der Waals surface area contributed by atoms with E-state index < -0.39 is 0 Å². The smallest absolute Gasteiger partial charge is 0.242 e. The highest BCUT2D eigenvalue weighted by molar-refractivity contribution is 6.31. The van der Waals surface area contributed by atoms with Crippen molar-refractivity contribution in [2.75, 3.05) is 11.9 Å². The first-order valence-electron chi connectivity index (χ1n) is 8.43. The van der Waals surface area contributed by atoms with Gasteiger partial charge in [-0.15, -0.1) is 0 Å². The van der Waals surface area contributed by atoms with E-state index in [9.17, 15) is 4.79 Å². The fraction of sp³-hybridized carbons (Fsp3) is 0.333. The standard InChI is InChI=1S/C18H21ClN6O/c1-10(2)5-21-11(3)18(26)25-16-9-20-8-15(24-16)14-7-23-17-13(14)4-12(19)6-22-17/h4,6-11,21H,5H2,1-3H3,(H,22,23)(H,24,25,26)/t11-/m0/s1. The molecule has 3 aromatic rings. The highest BCUT2D eigenvalue weighted by Crippen LogP contribution is 2.28. The Morgan fingerprint density at radius 3 is 2.85 bits per heavy atom. The van der Waals surface area contributed by atoms with Crippen molar-refractivity contribution in [2.24, 2.45) is 5.92 Å². The van der Waals surface area contributed by atoms with E-state index in [0.717, 1.165) is 17.5 Å². The molecule has 26 heavy (non-hydrogen) atoms. The molecule has 8 heteroatoms. The van der Waals surface area contributed by atoms with E-state index in [1.165, 1.54) is 6.20 Å². The van der Waals surface area contributed by atoms with Crippen LogP contribution in [0.3, 0.4) is 0 Å². The molecule has 3 N–H and O–H groups in total. The molecule has 0 spiro atoms. The third kappa shape index (κ3) is 4.17. The van der Waals surface area contributed by atoms with Gasteiger partial charge in [-0.2, -0.15) is 0 Å². The van der Waals surface area contributed by atoms with Crippen LogP contribution in [0.15, 0.2) is 30.9 Å². The number of carbonyl (C=O) groups excluding carboxylic acids is 1. The fourth-order valence-electron chi connectivity index (χ4n) is 2.49. The Balaban J connectivity index is 1.80. The molecule has 3 rings (SSSR count). The number of rotatable bonds is 6. The highest BCUT2D eigenvalue weighted by atomic mass is 35.5. The number of hydrogen-bond donors (Lipinski definition) is 3. The lowest BCUT2D eigenvalue weighted by Gasteiger charge is -2.15. The highest BCUT2D eigenvalue weighted by Gasteiger charge is 2.15. The molecule has 3 aromatic heterocycles. The van der Waals surface area contributed by atoms with E-state index in [1.54, 1.807) is 18.6 Å². The predicted molar refractivity (Wildman–Crippen MR) is 103 cm³/mol. The number of halogens is 1. The number of aromatic amines is 1. The number of fused-ring (bicyclic) bond motifs is 1. The molecule has 0 aliphatic heterocycles. The molecule has 0 bridgehead atoms. The fourth-order valence-corrected chi connectivity index (χ4v) is 2.64. The van der Waals surface area contributed by atoms with Gasteiger partial charge in [0.05, 0.1) is 29.2 Å². The molecule has 0 aliphatic carbocycles. The van der Waals surface area contributed by atoms with Crippen LogP contribution in [0.1, 0.15) is 20.8 Å². The van der Waals surface area contributed by atoms with E-state index in [1.807, 2.05) is 13.0 Å². The van der Waals surface area contributed by atoms with Crippen molar-refractivity contribution in [3.63, 3.8) is 0 Å². The molecule has 0 saturated heterocycles. The maximum absolute atomic E-state index is 12.3. The summed E-state index contributed by atoms with van der Waals surface area (Å²) in [5, 5.41) is 7.38. The second-order valence-electron chi connectivity index (χ2n) is 6.55. The second kappa shape index (κ2) is 7.80. The molecular weight excluding hydrogens is 352 g/mol.